The zero-order valence-corrected chi connectivity index (χ0v) is 37.2. The molecule has 3 amide bonds. The van der Waals surface area contributed by atoms with Crippen LogP contribution >= 0.6 is 11.9 Å². The number of allylic oxidation sites excluding steroid dienone is 1. The maximum atomic E-state index is 14.2. The van der Waals surface area contributed by atoms with Gasteiger partial charge < -0.3 is 30.7 Å². The van der Waals surface area contributed by atoms with Gasteiger partial charge in [-0.2, -0.15) is 13.2 Å². The molecule has 1 atom stereocenters. The number of halogens is 4. The van der Waals surface area contributed by atoms with Crippen molar-refractivity contribution in [2.75, 3.05) is 38.1 Å². The highest BCUT2D eigenvalue weighted by Gasteiger charge is 2.40. The van der Waals surface area contributed by atoms with E-state index in [1.165, 1.54) is 64.6 Å². The summed E-state index contributed by atoms with van der Waals surface area (Å²) in [6.45, 7) is 7.10. The lowest BCUT2D eigenvalue weighted by Gasteiger charge is -2.35. The van der Waals surface area contributed by atoms with Gasteiger partial charge in [0, 0.05) is 72.8 Å². The molecule has 0 bridgehead atoms. The summed E-state index contributed by atoms with van der Waals surface area (Å²) < 4.78 is 60.5. The molecule has 3 aliphatic heterocycles. The lowest BCUT2D eigenvalue weighted by Crippen LogP contribution is -2.52. The Morgan fingerprint density at radius 3 is 2.51 bits per heavy atom. The number of aliphatic imine (C=N–C) groups is 1. The van der Waals surface area contributed by atoms with Crippen LogP contribution in [0.3, 0.4) is 0 Å². The molecule has 0 radical (unpaired) electrons. The van der Waals surface area contributed by atoms with Gasteiger partial charge in [0.1, 0.15) is 24.0 Å². The summed E-state index contributed by atoms with van der Waals surface area (Å²) in [5.41, 5.74) is 4.69. The van der Waals surface area contributed by atoms with E-state index in [1.807, 2.05) is 12.1 Å². The number of hydrogen-bond donors (Lipinski definition) is 5. The number of carbonyl (C=O) groups is 3. The van der Waals surface area contributed by atoms with Gasteiger partial charge in [0.2, 0.25) is 17.8 Å². The van der Waals surface area contributed by atoms with Crippen LogP contribution in [-0.4, -0.2) is 99.3 Å². The Morgan fingerprint density at radius 1 is 1.09 bits per heavy atom. The number of hydrogen-bond acceptors (Lipinski definition) is 13. The van der Waals surface area contributed by atoms with Crippen LogP contribution in [0.1, 0.15) is 104 Å². The molecule has 3 aromatic rings. The molecule has 7 rings (SSSR count). The molecule has 4 heterocycles. The smallest absolute Gasteiger partial charge is 0.404 e. The van der Waals surface area contributed by atoms with Crippen LogP contribution in [-0.2, 0) is 27.0 Å². The van der Waals surface area contributed by atoms with Crippen LogP contribution in [0.4, 0.5) is 29.2 Å². The van der Waals surface area contributed by atoms with Crippen LogP contribution in [0.2, 0.25) is 0 Å². The molecular formula is C46H55F4N9O5S. The monoisotopic (exact) mass is 921 g/mol. The van der Waals surface area contributed by atoms with Crippen molar-refractivity contribution in [3.63, 3.8) is 0 Å². The Kier molecular flexibility index (Phi) is 16.8. The van der Waals surface area contributed by atoms with Crippen molar-refractivity contribution in [1.82, 2.24) is 25.1 Å². The number of anilines is 2. The maximum absolute atomic E-state index is 14.2. The minimum Gasteiger partial charge on any atom is -0.404 e. The number of likely N-dealkylation sites (tertiary alicyclic amines) is 1. The van der Waals surface area contributed by atoms with Gasteiger partial charge in [-0.3, -0.25) is 29.8 Å². The van der Waals surface area contributed by atoms with Gasteiger partial charge in [0.25, 0.3) is 5.91 Å². The van der Waals surface area contributed by atoms with E-state index in [0.29, 0.717) is 36.2 Å². The number of alkyl halides is 3. The van der Waals surface area contributed by atoms with Gasteiger partial charge in [0.15, 0.2) is 0 Å². The number of nitrogens with two attached hydrogens (primary N) is 2. The molecular weight excluding hydrogens is 867 g/mol. The minimum absolute atomic E-state index is 0.0486. The van der Waals surface area contributed by atoms with Crippen LogP contribution in [0.5, 0.6) is 0 Å². The van der Waals surface area contributed by atoms with Crippen molar-refractivity contribution >= 4 is 53.1 Å². The predicted octanol–water partition coefficient (Wildman–Crippen LogP) is 6.35. The van der Waals surface area contributed by atoms with Crippen molar-refractivity contribution in [3.05, 3.63) is 82.6 Å². The number of rotatable bonds is 12. The number of aromatic nitrogens is 2. The summed E-state index contributed by atoms with van der Waals surface area (Å²) in [5, 5.41) is 20.0. The van der Waals surface area contributed by atoms with Gasteiger partial charge in [0.05, 0.1) is 29.6 Å². The van der Waals surface area contributed by atoms with Crippen molar-refractivity contribution in [2.24, 2.45) is 21.8 Å². The summed E-state index contributed by atoms with van der Waals surface area (Å²) in [6, 6.07) is 8.96. The van der Waals surface area contributed by atoms with Gasteiger partial charge in [-0.1, -0.05) is 37.2 Å². The first kappa shape index (κ1) is 49.1. The minimum atomic E-state index is -4.77. The highest BCUT2D eigenvalue weighted by molar-refractivity contribution is 7.97. The van der Waals surface area contributed by atoms with E-state index in [4.69, 9.17) is 15.6 Å². The average molecular weight is 922 g/mol. The normalized spacial score (nSPS) is 19.1. The lowest BCUT2D eigenvalue weighted by atomic mass is 9.88. The highest BCUT2D eigenvalue weighted by atomic mass is 32.2. The van der Waals surface area contributed by atoms with Crippen LogP contribution in [0, 0.1) is 23.6 Å². The van der Waals surface area contributed by atoms with E-state index >= 15 is 0 Å². The Labute approximate surface area is 380 Å². The molecule has 4 aliphatic rings. The SMILES string of the molecule is CC(C)(O)CN=C/C(=C\N)c1nc(Nc2ccc(SN)cc2F)ncc1C(F)(F)F.O=C1CCC(N2Cc3c(C#CCOC4CCN(CC5CCCCC5)CC4)cccc3C2=O)C(=O)N1. The molecule has 14 nitrogen and oxygen atoms in total. The van der Waals surface area contributed by atoms with Crippen molar-refractivity contribution in [1.29, 1.82) is 0 Å². The Balaban J connectivity index is 0.000000219. The van der Waals surface area contributed by atoms with E-state index in [2.05, 4.69) is 42.3 Å². The van der Waals surface area contributed by atoms with E-state index in [1.54, 1.807) is 11.0 Å². The van der Waals surface area contributed by atoms with Crippen molar-refractivity contribution in [3.8, 4) is 11.8 Å². The molecule has 19 heteroatoms. The molecule has 1 aliphatic carbocycles. The highest BCUT2D eigenvalue weighted by Crippen LogP contribution is 2.35. The third kappa shape index (κ3) is 13.6. The van der Waals surface area contributed by atoms with Gasteiger partial charge >= 0.3 is 6.18 Å². The fourth-order valence-electron chi connectivity index (χ4n) is 8.20. The average Bonchev–Trinajstić information content (AvgIpc) is 3.61. The summed E-state index contributed by atoms with van der Waals surface area (Å²) in [6.07, 6.45) is 7.78. The van der Waals surface area contributed by atoms with Gasteiger partial charge in [-0.05, 0) is 99.7 Å². The molecule has 65 heavy (non-hydrogen) atoms. The second-order valence-electron chi connectivity index (χ2n) is 17.1. The zero-order chi connectivity index (χ0) is 46.7. The fourth-order valence-corrected chi connectivity index (χ4v) is 8.52. The third-order valence-electron chi connectivity index (χ3n) is 11.6. The van der Waals surface area contributed by atoms with Gasteiger partial charge in [-0.15, -0.1) is 0 Å². The summed E-state index contributed by atoms with van der Waals surface area (Å²) in [4.78, 5) is 52.8. The summed E-state index contributed by atoms with van der Waals surface area (Å²) in [5.74, 6) is 5.41. The Hall–Kier alpha value is -5.39. The van der Waals surface area contributed by atoms with Crippen molar-refractivity contribution in [2.45, 2.75) is 107 Å². The number of ether oxygens (including phenoxy) is 1. The fraction of sp³-hybridized carbons (Fsp3) is 0.478. The van der Waals surface area contributed by atoms with Crippen LogP contribution in [0.25, 0.3) is 5.57 Å². The van der Waals surface area contributed by atoms with Crippen LogP contribution < -0.4 is 21.5 Å². The van der Waals surface area contributed by atoms with E-state index in [9.17, 15) is 37.1 Å². The number of carbonyl (C=O) groups excluding carboxylic acids is 3. The number of nitrogens with one attached hydrogen (secondary N) is 2. The first-order valence-electron chi connectivity index (χ1n) is 21.6. The van der Waals surface area contributed by atoms with E-state index in [0.717, 1.165) is 73.4 Å². The Bertz CT molecular complexity index is 2310. The molecule has 1 unspecified atom stereocenters. The maximum Gasteiger partial charge on any atom is 0.419 e. The quantitative estimate of drug-likeness (QED) is 0.0444. The number of nitrogens with zero attached hydrogens (tertiary/aromatic N) is 5. The summed E-state index contributed by atoms with van der Waals surface area (Å²) in [7, 11) is 0. The number of fused-ring (bicyclic) bond motifs is 1. The molecule has 0 spiro atoms. The molecule has 3 fully saturated rings. The standard InChI is InChI=1S/C28H35N3O4.C18H20F4N6OS/c32-26-12-11-25(27(33)29-26)31-19-24-21(8-4-10-23(24)28(31)34)9-5-17-35-22-13-15-30(16-14-22)18-20-6-2-1-3-7-20;1-17(2,29)9-25-7-10(6-23)15-12(18(20,21)22)8-26-16(28-15)27-14-4-3-11(30-24)5-13(14)19/h4,8,10,20,22,25H,1-3,6-7,11-19H2,(H,29,32,33);3-8,29H,9,23-24H2,1-2H3,(H,26,27,28)/b;10-6+,25-7?. The Morgan fingerprint density at radius 2 is 1.85 bits per heavy atom. The molecule has 348 valence electrons. The number of imide groups is 1. The van der Waals surface area contributed by atoms with Gasteiger partial charge in [-0.25, -0.2) is 14.4 Å². The van der Waals surface area contributed by atoms with Crippen LogP contribution in [0.15, 0.2) is 58.7 Å². The van der Waals surface area contributed by atoms with E-state index in [-0.39, 0.29) is 48.1 Å². The number of amides is 3. The predicted molar refractivity (Wildman–Crippen MR) is 240 cm³/mol. The second kappa shape index (κ2) is 22.2. The largest absolute Gasteiger partial charge is 0.419 e. The second-order valence-corrected chi connectivity index (χ2v) is 17.8. The molecule has 2 saturated heterocycles. The first-order valence-corrected chi connectivity index (χ1v) is 22.5. The zero-order valence-electron chi connectivity index (χ0n) is 36.4. The molecule has 1 aromatic heterocycles. The topological polar surface area (TPSA) is 201 Å². The number of benzene rings is 2. The number of aliphatic hydroxyl groups is 1. The third-order valence-corrected chi connectivity index (χ3v) is 12.1. The first-order chi connectivity index (χ1) is 31.0. The molecule has 7 N–H and O–H groups in total. The summed E-state index contributed by atoms with van der Waals surface area (Å²) >= 11 is 0.843. The molecule has 2 aromatic carbocycles. The van der Waals surface area contributed by atoms with E-state index < -0.39 is 40.8 Å². The lowest BCUT2D eigenvalue weighted by molar-refractivity contribution is -0.138. The molecule has 1 saturated carbocycles. The van der Waals surface area contributed by atoms with Crippen molar-refractivity contribution < 1.29 is 41.8 Å². The number of piperidine rings is 2.